The van der Waals surface area contributed by atoms with Crippen molar-refractivity contribution in [2.24, 2.45) is 5.92 Å². The Morgan fingerprint density at radius 2 is 2.00 bits per heavy atom. The zero-order valence-electron chi connectivity index (χ0n) is 7.63. The fraction of sp³-hybridized carbons (Fsp3) is 0.636. The fourth-order valence-corrected chi connectivity index (χ4v) is 1.96. The second-order valence-electron chi connectivity index (χ2n) is 3.64. The van der Waals surface area contributed by atoms with Crippen molar-refractivity contribution in [1.82, 2.24) is 0 Å². The van der Waals surface area contributed by atoms with Crippen LogP contribution in [-0.4, -0.2) is 10.7 Å². The van der Waals surface area contributed by atoms with Crippen LogP contribution < -0.4 is 0 Å². The van der Waals surface area contributed by atoms with Crippen molar-refractivity contribution in [3.63, 3.8) is 0 Å². The Balaban J connectivity index is 2.76. The average molecular weight is 166 g/mol. The molecule has 12 heavy (non-hydrogen) atoms. The first kappa shape index (κ1) is 9.53. The van der Waals surface area contributed by atoms with E-state index in [9.17, 15) is 5.11 Å². The second kappa shape index (κ2) is 3.90. The molecule has 1 aliphatic rings. The van der Waals surface area contributed by atoms with Gasteiger partial charge >= 0.3 is 0 Å². The first-order valence-electron chi connectivity index (χ1n) is 4.71. The minimum absolute atomic E-state index is 0.206. The lowest BCUT2D eigenvalue weighted by molar-refractivity contribution is 0.0418. The van der Waals surface area contributed by atoms with Crippen LogP contribution in [0.15, 0.2) is 25.3 Å². The van der Waals surface area contributed by atoms with Gasteiger partial charge in [0.15, 0.2) is 0 Å². The summed E-state index contributed by atoms with van der Waals surface area (Å²) >= 11 is 0. The summed E-state index contributed by atoms with van der Waals surface area (Å²) in [6.45, 7) is 7.46. The first-order chi connectivity index (χ1) is 5.73. The highest BCUT2D eigenvalue weighted by Gasteiger charge is 2.32. The standard InChI is InChI=1S/C11H18O/c1-3-10-8-6-5-7-9-11(10,12)4-2/h3-4,10,12H,1-2,5-9H2/t10-,11+/m0/s1. The average Bonchev–Trinajstić information content (AvgIpc) is 2.28. The molecule has 1 fully saturated rings. The van der Waals surface area contributed by atoms with Gasteiger partial charge in [0, 0.05) is 5.92 Å². The molecule has 1 N–H and O–H groups in total. The van der Waals surface area contributed by atoms with Crippen LogP contribution >= 0.6 is 0 Å². The van der Waals surface area contributed by atoms with Crippen LogP contribution in [-0.2, 0) is 0 Å². The smallest absolute Gasteiger partial charge is 0.0887 e. The maximum atomic E-state index is 10.1. The summed E-state index contributed by atoms with van der Waals surface area (Å²) in [5, 5.41) is 10.1. The number of rotatable bonds is 2. The molecule has 0 unspecified atom stereocenters. The van der Waals surface area contributed by atoms with E-state index >= 15 is 0 Å². The molecule has 68 valence electrons. The summed E-state index contributed by atoms with van der Waals surface area (Å²) in [6, 6.07) is 0. The summed E-state index contributed by atoms with van der Waals surface area (Å²) < 4.78 is 0. The molecule has 0 saturated heterocycles. The Bertz CT molecular complexity index is 174. The summed E-state index contributed by atoms with van der Waals surface area (Å²) in [6.07, 6.45) is 8.97. The van der Waals surface area contributed by atoms with Crippen LogP contribution in [0.2, 0.25) is 0 Å². The van der Waals surface area contributed by atoms with E-state index in [1.165, 1.54) is 12.8 Å². The predicted octanol–water partition coefficient (Wildman–Crippen LogP) is 2.67. The third-order valence-corrected chi connectivity index (χ3v) is 2.87. The van der Waals surface area contributed by atoms with Gasteiger partial charge in [0.2, 0.25) is 0 Å². The van der Waals surface area contributed by atoms with Gasteiger partial charge in [-0.15, -0.1) is 13.2 Å². The lowest BCUT2D eigenvalue weighted by Gasteiger charge is -2.29. The molecule has 0 aromatic heterocycles. The molecule has 0 aromatic rings. The van der Waals surface area contributed by atoms with Crippen LogP contribution in [0.25, 0.3) is 0 Å². The van der Waals surface area contributed by atoms with Crippen molar-refractivity contribution in [1.29, 1.82) is 0 Å². The van der Waals surface area contributed by atoms with Crippen LogP contribution in [0, 0.1) is 5.92 Å². The van der Waals surface area contributed by atoms with Crippen LogP contribution in [0.5, 0.6) is 0 Å². The van der Waals surface area contributed by atoms with E-state index in [0.717, 1.165) is 19.3 Å². The SMILES string of the molecule is C=C[C@H]1CCCCC[C@]1(O)C=C. The Morgan fingerprint density at radius 3 is 2.58 bits per heavy atom. The zero-order chi connectivity index (χ0) is 9.03. The monoisotopic (exact) mass is 166 g/mol. The van der Waals surface area contributed by atoms with Crippen LogP contribution in [0.3, 0.4) is 0 Å². The summed E-state index contributed by atoms with van der Waals surface area (Å²) in [5.41, 5.74) is -0.682. The Hall–Kier alpha value is -0.560. The highest BCUT2D eigenvalue weighted by Crippen LogP contribution is 2.33. The van der Waals surface area contributed by atoms with Gasteiger partial charge in [-0.05, 0) is 12.8 Å². The minimum Gasteiger partial charge on any atom is -0.385 e. The molecule has 0 bridgehead atoms. The molecule has 1 rings (SSSR count). The van der Waals surface area contributed by atoms with Gasteiger partial charge in [-0.25, -0.2) is 0 Å². The van der Waals surface area contributed by atoms with Gasteiger partial charge < -0.3 is 5.11 Å². The Kier molecular flexibility index (Phi) is 3.10. The summed E-state index contributed by atoms with van der Waals surface area (Å²) in [4.78, 5) is 0. The highest BCUT2D eigenvalue weighted by molar-refractivity contribution is 5.06. The van der Waals surface area contributed by atoms with E-state index in [0.29, 0.717) is 0 Å². The van der Waals surface area contributed by atoms with E-state index in [1.807, 2.05) is 6.08 Å². The van der Waals surface area contributed by atoms with Gasteiger partial charge in [-0.1, -0.05) is 31.4 Å². The fourth-order valence-electron chi connectivity index (χ4n) is 1.96. The molecule has 0 aliphatic heterocycles. The maximum Gasteiger partial charge on any atom is 0.0887 e. The molecule has 0 spiro atoms. The molecule has 0 heterocycles. The third kappa shape index (κ3) is 1.78. The minimum atomic E-state index is -0.682. The van der Waals surface area contributed by atoms with Gasteiger partial charge in [0.25, 0.3) is 0 Å². The quantitative estimate of drug-likeness (QED) is 0.494. The number of hydrogen-bond acceptors (Lipinski definition) is 1. The zero-order valence-corrected chi connectivity index (χ0v) is 7.63. The molecular weight excluding hydrogens is 148 g/mol. The molecule has 0 aromatic carbocycles. The Labute approximate surface area is 74.8 Å². The normalized spacial score (nSPS) is 36.9. The van der Waals surface area contributed by atoms with Gasteiger partial charge in [0.1, 0.15) is 0 Å². The lowest BCUT2D eigenvalue weighted by atomic mass is 9.83. The molecule has 1 aliphatic carbocycles. The summed E-state index contributed by atoms with van der Waals surface area (Å²) in [5.74, 6) is 0.206. The van der Waals surface area contributed by atoms with Crippen molar-refractivity contribution in [3.05, 3.63) is 25.3 Å². The molecule has 1 heteroatoms. The van der Waals surface area contributed by atoms with Crippen molar-refractivity contribution in [2.75, 3.05) is 0 Å². The second-order valence-corrected chi connectivity index (χ2v) is 3.64. The first-order valence-corrected chi connectivity index (χ1v) is 4.71. The molecule has 0 radical (unpaired) electrons. The van der Waals surface area contributed by atoms with Gasteiger partial charge in [0.05, 0.1) is 5.60 Å². The van der Waals surface area contributed by atoms with E-state index in [1.54, 1.807) is 6.08 Å². The highest BCUT2D eigenvalue weighted by atomic mass is 16.3. The van der Waals surface area contributed by atoms with E-state index < -0.39 is 5.60 Å². The van der Waals surface area contributed by atoms with E-state index in [4.69, 9.17) is 0 Å². The molecule has 0 amide bonds. The van der Waals surface area contributed by atoms with E-state index in [-0.39, 0.29) is 5.92 Å². The number of aliphatic hydroxyl groups is 1. The lowest BCUT2D eigenvalue weighted by Crippen LogP contribution is -2.33. The topological polar surface area (TPSA) is 20.2 Å². The predicted molar refractivity (Wildman–Crippen MR) is 51.9 cm³/mol. The molecule has 1 nitrogen and oxygen atoms in total. The largest absolute Gasteiger partial charge is 0.385 e. The summed E-state index contributed by atoms with van der Waals surface area (Å²) in [7, 11) is 0. The van der Waals surface area contributed by atoms with E-state index in [2.05, 4.69) is 13.2 Å². The van der Waals surface area contributed by atoms with Gasteiger partial charge in [-0.3, -0.25) is 0 Å². The molecular formula is C11H18O. The Morgan fingerprint density at radius 1 is 1.25 bits per heavy atom. The maximum absolute atomic E-state index is 10.1. The van der Waals surface area contributed by atoms with Crippen molar-refractivity contribution < 1.29 is 5.11 Å². The van der Waals surface area contributed by atoms with Crippen molar-refractivity contribution in [2.45, 2.75) is 37.7 Å². The van der Waals surface area contributed by atoms with Crippen LogP contribution in [0.1, 0.15) is 32.1 Å². The van der Waals surface area contributed by atoms with Crippen molar-refractivity contribution in [3.8, 4) is 0 Å². The number of hydrogen-bond donors (Lipinski definition) is 1. The van der Waals surface area contributed by atoms with Gasteiger partial charge in [-0.2, -0.15) is 0 Å². The molecule has 2 atom stereocenters. The molecule has 1 saturated carbocycles. The van der Waals surface area contributed by atoms with Crippen molar-refractivity contribution >= 4 is 0 Å². The third-order valence-electron chi connectivity index (χ3n) is 2.87. The van der Waals surface area contributed by atoms with Crippen LogP contribution in [0.4, 0.5) is 0 Å².